The highest BCUT2D eigenvalue weighted by atomic mass is 32.4. The lowest BCUT2D eigenvalue weighted by atomic mass is 9.89. The van der Waals surface area contributed by atoms with Crippen molar-refractivity contribution >= 4 is 58.0 Å². The van der Waals surface area contributed by atoms with Crippen LogP contribution in [-0.4, -0.2) is 94.0 Å². The number of nitrogens with zero attached hydrogens (tertiary/aromatic N) is 5. The maximum atomic E-state index is 12.9. The Bertz CT molecular complexity index is 2380. The molecule has 2 heterocycles. The van der Waals surface area contributed by atoms with Crippen molar-refractivity contribution in [1.82, 2.24) is 15.0 Å². The first-order valence-corrected chi connectivity index (χ1v) is 26.0. The van der Waals surface area contributed by atoms with Gasteiger partial charge in [0.1, 0.15) is 35.7 Å². The number of nitrogens with one attached hydrogen (secondary N) is 1. The number of ether oxygens (including phenoxy) is 2. The minimum Gasteiger partial charge on any atom is -0.458 e. The van der Waals surface area contributed by atoms with E-state index < -0.39 is 34.8 Å². The van der Waals surface area contributed by atoms with E-state index in [4.69, 9.17) is 25.8 Å². The lowest BCUT2D eigenvalue weighted by molar-refractivity contribution is -0.117. The van der Waals surface area contributed by atoms with Crippen LogP contribution in [-0.2, 0) is 51.4 Å². The van der Waals surface area contributed by atoms with Gasteiger partial charge in [0.15, 0.2) is 5.75 Å². The third-order valence-corrected chi connectivity index (χ3v) is 13.6. The van der Waals surface area contributed by atoms with Crippen molar-refractivity contribution in [3.63, 3.8) is 0 Å². The quantitative estimate of drug-likeness (QED) is 0.0155. The molecule has 0 fully saturated rings. The van der Waals surface area contributed by atoms with E-state index in [1.165, 1.54) is 21.6 Å². The summed E-state index contributed by atoms with van der Waals surface area (Å²) in [4.78, 5) is 53.5. The Morgan fingerprint density at radius 1 is 0.857 bits per heavy atom. The lowest BCUT2D eigenvalue weighted by Gasteiger charge is -2.37. The van der Waals surface area contributed by atoms with E-state index >= 15 is 0 Å². The van der Waals surface area contributed by atoms with Crippen molar-refractivity contribution in [2.24, 2.45) is 5.10 Å². The van der Waals surface area contributed by atoms with Gasteiger partial charge in [0, 0.05) is 31.9 Å². The fourth-order valence-corrected chi connectivity index (χ4v) is 9.89. The number of benzene rings is 4. The van der Waals surface area contributed by atoms with Crippen molar-refractivity contribution in [3.05, 3.63) is 124 Å². The van der Waals surface area contributed by atoms with Crippen molar-refractivity contribution in [1.29, 1.82) is 5.26 Å². The first-order chi connectivity index (χ1) is 30.1. The second kappa shape index (κ2) is 22.1. The van der Waals surface area contributed by atoms with E-state index in [9.17, 15) is 38.8 Å². The number of hydrogen-bond donors (Lipinski definition) is 5. The van der Waals surface area contributed by atoms with Crippen LogP contribution in [0.5, 0.6) is 17.2 Å². The molecule has 0 spiro atoms. The molecule has 20 heteroatoms. The molecule has 63 heavy (non-hydrogen) atoms. The smallest absolute Gasteiger partial charge is 0.458 e. The highest BCUT2D eigenvalue weighted by Crippen LogP contribution is 2.41. The number of anilines is 1. The molecule has 16 nitrogen and oxygen atoms in total. The normalized spacial score (nSPS) is 14.2. The lowest BCUT2D eigenvalue weighted by Crippen LogP contribution is -2.34. The topological polar surface area (TPSA) is 218 Å². The molecule has 0 radical (unpaired) electrons. The van der Waals surface area contributed by atoms with Gasteiger partial charge in [0.05, 0.1) is 13.3 Å². The van der Waals surface area contributed by atoms with Crippen LogP contribution in [0.2, 0.25) is 0 Å². The molecule has 2 aliphatic heterocycles. The zero-order valence-electron chi connectivity index (χ0n) is 34.7. The fourth-order valence-electron chi connectivity index (χ4n) is 7.27. The minimum absolute atomic E-state index is 0.0109. The molecule has 0 saturated carbocycles. The number of aryl methyl sites for hydroxylation is 2. The van der Waals surface area contributed by atoms with E-state index in [0.717, 1.165) is 65.9 Å². The molecule has 0 saturated heterocycles. The van der Waals surface area contributed by atoms with Gasteiger partial charge in [0.25, 0.3) is 5.91 Å². The SMILES string of the molecule is CN(/N=C/c1ccc(OCOc2ccc(CCNC(=O)/C(C#N)=C\c3cc4c5c(c3)CCCN5CCC4)cc2)cc1)[P+](=S)Oc1ccc(CCN(CP(=O)(O)O)CP(=O)(O)O)cc1. The van der Waals surface area contributed by atoms with Gasteiger partial charge in [-0.1, -0.05) is 29.0 Å². The molecule has 1 unspecified atom stereocenters. The molecular weight excluding hydrogens is 885 g/mol. The Kier molecular flexibility index (Phi) is 16.7. The molecular formula is C43H50N6O10P3S+. The Hall–Kier alpha value is -4.97. The van der Waals surface area contributed by atoms with Crippen molar-refractivity contribution in [2.45, 2.75) is 38.5 Å². The molecule has 4 aromatic rings. The molecule has 5 N–H and O–H groups in total. The van der Waals surface area contributed by atoms with Crippen molar-refractivity contribution in [3.8, 4) is 23.3 Å². The number of amides is 1. The molecule has 6 rings (SSSR count). The largest absolute Gasteiger partial charge is 0.540 e. The second-order valence-electron chi connectivity index (χ2n) is 15.1. The summed E-state index contributed by atoms with van der Waals surface area (Å²) in [6, 6.07) is 28.0. The van der Waals surface area contributed by atoms with Gasteiger partial charge in [-0.2, -0.15) is 5.26 Å². The van der Waals surface area contributed by atoms with Crippen LogP contribution in [0, 0.1) is 11.3 Å². The average Bonchev–Trinajstić information content (AvgIpc) is 3.24. The van der Waals surface area contributed by atoms with E-state index in [1.54, 1.807) is 55.7 Å². The summed E-state index contributed by atoms with van der Waals surface area (Å²) < 4.78 is 41.7. The second-order valence-corrected chi connectivity index (χ2v) is 20.5. The van der Waals surface area contributed by atoms with Crippen LogP contribution in [0.3, 0.4) is 0 Å². The van der Waals surface area contributed by atoms with E-state index in [-0.39, 0.29) is 24.8 Å². The molecule has 0 aromatic heterocycles. The average molecular weight is 936 g/mol. The summed E-state index contributed by atoms with van der Waals surface area (Å²) in [6.45, 7) is 2.59. The monoisotopic (exact) mass is 935 g/mol. The minimum atomic E-state index is -4.51. The highest BCUT2D eigenvalue weighted by Gasteiger charge is 2.27. The molecule has 0 aliphatic carbocycles. The number of rotatable bonds is 21. The van der Waals surface area contributed by atoms with Gasteiger partial charge in [-0.3, -0.25) is 23.3 Å². The van der Waals surface area contributed by atoms with Crippen LogP contribution >= 0.6 is 22.3 Å². The molecule has 332 valence electrons. The van der Waals surface area contributed by atoms with Crippen LogP contribution in [0.15, 0.2) is 95.6 Å². The predicted octanol–water partition coefficient (Wildman–Crippen LogP) is 6.30. The van der Waals surface area contributed by atoms with Gasteiger partial charge in [-0.15, -0.1) is 5.10 Å². The summed E-state index contributed by atoms with van der Waals surface area (Å²) in [5, 5.41) is 17.1. The van der Waals surface area contributed by atoms with Crippen molar-refractivity contribution < 1.29 is 47.5 Å². The number of carbonyl (C=O) groups excluding carboxylic acids is 1. The van der Waals surface area contributed by atoms with E-state index in [0.29, 0.717) is 36.6 Å². The standard InChI is InChI=1S/C43H49N6O10P3S/c1-47(60(63)59-41-16-8-33(9-17-41)19-23-48(29-61(51,52)53)30-62(54,55)56)46-28-34-10-14-40(15-11-34)58-31-57-39-12-6-32(7-13-39)18-20-45-43(50)38(27-44)26-35-24-36-4-2-21-49-22-3-5-37(25-35)42(36)49/h6-17,24-26,28H,2-5,18-23,29-31H2,1H3,(H4-,45,50,51,52,53,54,55,56)/p+1/b38-26-,46-28+. The Morgan fingerprint density at radius 3 is 1.95 bits per heavy atom. The summed E-state index contributed by atoms with van der Waals surface area (Å²) >= 11 is 5.51. The molecule has 0 bridgehead atoms. The maximum absolute atomic E-state index is 12.9. The van der Waals surface area contributed by atoms with E-state index in [1.807, 2.05) is 36.4 Å². The summed E-state index contributed by atoms with van der Waals surface area (Å²) in [5.74, 6) is 1.33. The predicted molar refractivity (Wildman–Crippen MR) is 246 cm³/mol. The Labute approximate surface area is 372 Å². The van der Waals surface area contributed by atoms with Gasteiger partial charge in [-0.05, 0) is 139 Å². The summed E-state index contributed by atoms with van der Waals surface area (Å²) in [5.41, 5.74) is 7.54. The van der Waals surface area contributed by atoms with Crippen LogP contribution in [0.4, 0.5) is 5.69 Å². The first-order valence-electron chi connectivity index (χ1n) is 20.2. The van der Waals surface area contributed by atoms with Crippen molar-refractivity contribution in [2.75, 3.05) is 57.5 Å². The van der Waals surface area contributed by atoms with Crippen LogP contribution in [0.25, 0.3) is 6.08 Å². The Morgan fingerprint density at radius 2 is 1.40 bits per heavy atom. The molecule has 1 amide bonds. The number of nitriles is 1. The summed E-state index contributed by atoms with van der Waals surface area (Å²) in [7, 11) is -8.88. The van der Waals surface area contributed by atoms with Gasteiger partial charge >= 0.3 is 22.3 Å². The third-order valence-electron chi connectivity index (χ3n) is 10.2. The third kappa shape index (κ3) is 15.1. The first kappa shape index (κ1) is 47.5. The number of carbonyl (C=O) groups is 1. The maximum Gasteiger partial charge on any atom is 0.540 e. The fraction of sp³-hybridized carbons (Fsp3) is 0.326. The number of hydrazone groups is 1. The highest BCUT2D eigenvalue weighted by molar-refractivity contribution is 8.02. The van der Waals surface area contributed by atoms with Crippen LogP contribution in [0.1, 0.15) is 46.2 Å². The molecule has 1 atom stereocenters. The number of hydrogen-bond acceptors (Lipinski definition) is 11. The Balaban J connectivity index is 0.885. The molecule has 4 aromatic carbocycles. The van der Waals surface area contributed by atoms with E-state index in [2.05, 4.69) is 33.5 Å². The van der Waals surface area contributed by atoms with Crippen LogP contribution < -0.4 is 24.2 Å². The molecule has 2 aliphatic rings. The summed E-state index contributed by atoms with van der Waals surface area (Å²) in [6.07, 6.45) is 6.98. The van der Waals surface area contributed by atoms with Gasteiger partial charge < -0.3 is 39.3 Å². The zero-order chi connectivity index (χ0) is 45.0. The van der Waals surface area contributed by atoms with Gasteiger partial charge in [0.2, 0.25) is 18.6 Å². The zero-order valence-corrected chi connectivity index (χ0v) is 38.2. The van der Waals surface area contributed by atoms with Gasteiger partial charge in [-0.25, -0.2) is 0 Å².